The third-order valence-corrected chi connectivity index (χ3v) is 7.79. The van der Waals surface area contributed by atoms with E-state index in [1.54, 1.807) is 0 Å². The van der Waals surface area contributed by atoms with Crippen LogP contribution in [-0.2, 0) is 20.2 Å². The number of hydrogen-bond acceptors (Lipinski definition) is 4. The lowest BCUT2D eigenvalue weighted by molar-refractivity contribution is -0.258. The third kappa shape index (κ3) is 3.21. The van der Waals surface area contributed by atoms with Crippen LogP contribution < -0.4 is 5.32 Å². The number of aliphatic hydroxyl groups is 1. The molecule has 1 saturated heterocycles. The second-order valence-corrected chi connectivity index (χ2v) is 9.29. The molecule has 2 aromatic carbocycles. The highest BCUT2D eigenvalue weighted by atomic mass is 32.2. The van der Waals surface area contributed by atoms with Gasteiger partial charge in [0.05, 0.1) is 4.90 Å². The first-order valence-corrected chi connectivity index (χ1v) is 10.0. The van der Waals surface area contributed by atoms with E-state index in [9.17, 15) is 31.1 Å². The average molecular weight is 417 g/mol. The Morgan fingerprint density at radius 2 is 1.61 bits per heavy atom. The SMILES string of the molecule is C[C@@](O)(c1ccc(C2(S(=O)(=O)c3ccc(F)cc3)CCNC2)cc1)C(F)(F)F. The number of hydrogen-bond donors (Lipinski definition) is 2. The predicted octanol–water partition coefficient (Wildman–Crippen LogP) is 3.26. The van der Waals surface area contributed by atoms with Crippen molar-refractivity contribution < 1.29 is 31.1 Å². The van der Waals surface area contributed by atoms with E-state index in [1.165, 1.54) is 24.3 Å². The third-order valence-electron chi connectivity index (χ3n) is 5.28. The van der Waals surface area contributed by atoms with E-state index in [0.717, 1.165) is 24.3 Å². The maximum atomic E-state index is 13.3. The van der Waals surface area contributed by atoms with Crippen molar-refractivity contribution >= 4 is 9.84 Å². The van der Waals surface area contributed by atoms with Gasteiger partial charge in [0.15, 0.2) is 15.4 Å². The van der Waals surface area contributed by atoms with E-state index in [1.807, 2.05) is 0 Å². The summed E-state index contributed by atoms with van der Waals surface area (Å²) in [6.07, 6.45) is -4.66. The molecule has 1 fully saturated rings. The largest absolute Gasteiger partial charge is 0.421 e. The summed E-state index contributed by atoms with van der Waals surface area (Å²) in [5.41, 5.74) is -3.13. The monoisotopic (exact) mass is 417 g/mol. The highest BCUT2D eigenvalue weighted by Crippen LogP contribution is 2.43. The molecule has 0 amide bonds. The number of sulfone groups is 1. The molecule has 3 rings (SSSR count). The molecule has 1 aliphatic heterocycles. The standard InChI is InChI=1S/C19H19F4NO3S/c1-17(25,19(21,22)23)13-2-4-14(5-3-13)18(10-11-24-12-18)28(26,27)16-8-6-15(20)7-9-16/h2-9,24-25H,10-12H2,1H3/t17-,18?/m1/s1. The Morgan fingerprint density at radius 1 is 1.04 bits per heavy atom. The summed E-state index contributed by atoms with van der Waals surface area (Å²) < 4.78 is 77.6. The van der Waals surface area contributed by atoms with E-state index in [-0.39, 0.29) is 23.4 Å². The minimum absolute atomic E-state index is 0.0658. The Bertz CT molecular complexity index is 946. The zero-order chi connectivity index (χ0) is 20.8. The summed E-state index contributed by atoms with van der Waals surface area (Å²) in [7, 11) is -3.96. The Morgan fingerprint density at radius 3 is 2.07 bits per heavy atom. The first kappa shape index (κ1) is 20.8. The second-order valence-electron chi connectivity index (χ2n) is 7.03. The van der Waals surface area contributed by atoms with Gasteiger partial charge in [-0.25, -0.2) is 12.8 Å². The number of benzene rings is 2. The van der Waals surface area contributed by atoms with Crippen molar-refractivity contribution in [1.29, 1.82) is 0 Å². The molecule has 0 aromatic heterocycles. The van der Waals surface area contributed by atoms with Crippen LogP contribution in [0.4, 0.5) is 17.6 Å². The number of halogens is 4. The maximum Gasteiger partial charge on any atom is 0.421 e. The van der Waals surface area contributed by atoms with Crippen molar-refractivity contribution in [2.24, 2.45) is 0 Å². The quantitative estimate of drug-likeness (QED) is 0.592. The molecule has 2 aromatic rings. The normalized spacial score (nSPS) is 22.8. The van der Waals surface area contributed by atoms with Gasteiger partial charge in [-0.2, -0.15) is 13.2 Å². The lowest BCUT2D eigenvalue weighted by Gasteiger charge is -2.31. The van der Waals surface area contributed by atoms with Crippen LogP contribution in [0.5, 0.6) is 0 Å². The topological polar surface area (TPSA) is 66.4 Å². The summed E-state index contributed by atoms with van der Waals surface area (Å²) in [5.74, 6) is -0.573. The van der Waals surface area contributed by atoms with Crippen molar-refractivity contribution in [2.45, 2.75) is 34.8 Å². The first-order chi connectivity index (χ1) is 12.9. The van der Waals surface area contributed by atoms with Crippen LogP contribution in [0.25, 0.3) is 0 Å². The lowest BCUT2D eigenvalue weighted by atomic mass is 9.91. The summed E-state index contributed by atoms with van der Waals surface area (Å²) in [4.78, 5) is -0.0658. The molecule has 0 radical (unpaired) electrons. The zero-order valence-electron chi connectivity index (χ0n) is 14.9. The highest BCUT2D eigenvalue weighted by Gasteiger charge is 2.52. The van der Waals surface area contributed by atoms with Gasteiger partial charge >= 0.3 is 6.18 Å². The number of rotatable bonds is 4. The number of nitrogens with one attached hydrogen (secondary N) is 1. The first-order valence-electron chi connectivity index (χ1n) is 8.53. The molecule has 0 aliphatic carbocycles. The van der Waals surface area contributed by atoms with Gasteiger partial charge in [-0.15, -0.1) is 0 Å². The van der Waals surface area contributed by atoms with Crippen LogP contribution in [0.3, 0.4) is 0 Å². The van der Waals surface area contributed by atoms with Gasteiger partial charge in [0.25, 0.3) is 0 Å². The molecule has 1 unspecified atom stereocenters. The second kappa shape index (κ2) is 6.82. The van der Waals surface area contributed by atoms with Crippen molar-refractivity contribution in [3.8, 4) is 0 Å². The van der Waals surface area contributed by atoms with Crippen LogP contribution in [-0.4, -0.2) is 32.8 Å². The minimum atomic E-state index is -4.87. The van der Waals surface area contributed by atoms with E-state index in [4.69, 9.17) is 0 Å². The van der Waals surface area contributed by atoms with E-state index in [2.05, 4.69) is 5.32 Å². The van der Waals surface area contributed by atoms with E-state index >= 15 is 0 Å². The van der Waals surface area contributed by atoms with Gasteiger partial charge in [-0.1, -0.05) is 24.3 Å². The van der Waals surface area contributed by atoms with Crippen molar-refractivity contribution in [3.63, 3.8) is 0 Å². The molecule has 0 bridgehead atoms. The average Bonchev–Trinajstić information content (AvgIpc) is 3.13. The molecule has 0 spiro atoms. The Labute approximate surface area is 160 Å². The van der Waals surface area contributed by atoms with Crippen LogP contribution in [0.1, 0.15) is 24.5 Å². The molecule has 2 N–H and O–H groups in total. The smallest absolute Gasteiger partial charge is 0.376 e. The van der Waals surface area contributed by atoms with Crippen molar-refractivity contribution in [3.05, 3.63) is 65.5 Å². The maximum absolute atomic E-state index is 13.3. The zero-order valence-corrected chi connectivity index (χ0v) is 15.7. The van der Waals surface area contributed by atoms with Gasteiger partial charge in [-0.3, -0.25) is 0 Å². The molecular weight excluding hydrogens is 398 g/mol. The van der Waals surface area contributed by atoms with Gasteiger partial charge in [0, 0.05) is 6.54 Å². The Hall–Kier alpha value is -1.97. The van der Waals surface area contributed by atoms with Crippen LogP contribution in [0.15, 0.2) is 53.4 Å². The minimum Gasteiger partial charge on any atom is -0.376 e. The van der Waals surface area contributed by atoms with Crippen molar-refractivity contribution in [2.75, 3.05) is 13.1 Å². The molecule has 28 heavy (non-hydrogen) atoms. The summed E-state index contributed by atoms with van der Waals surface area (Å²) in [5, 5.41) is 12.8. The molecule has 152 valence electrons. The summed E-state index contributed by atoms with van der Waals surface area (Å²) >= 11 is 0. The van der Waals surface area contributed by atoms with Crippen LogP contribution in [0, 0.1) is 5.82 Å². The van der Waals surface area contributed by atoms with Crippen molar-refractivity contribution in [1.82, 2.24) is 5.32 Å². The molecule has 1 aliphatic rings. The molecular formula is C19H19F4NO3S. The molecule has 9 heteroatoms. The summed E-state index contributed by atoms with van der Waals surface area (Å²) in [6.45, 7) is 1.12. The van der Waals surface area contributed by atoms with Crippen LogP contribution in [0.2, 0.25) is 0 Å². The lowest BCUT2D eigenvalue weighted by Crippen LogP contribution is -2.40. The fraction of sp³-hybridized carbons (Fsp3) is 0.368. The fourth-order valence-electron chi connectivity index (χ4n) is 3.40. The Balaban J connectivity index is 2.07. The molecule has 1 heterocycles. The number of alkyl halides is 3. The predicted molar refractivity (Wildman–Crippen MR) is 94.8 cm³/mol. The van der Waals surface area contributed by atoms with Gasteiger partial charge in [0.2, 0.25) is 0 Å². The van der Waals surface area contributed by atoms with Gasteiger partial charge in [-0.05, 0) is 55.3 Å². The molecule has 0 saturated carbocycles. The highest BCUT2D eigenvalue weighted by molar-refractivity contribution is 7.92. The Kier molecular flexibility index (Phi) is 5.06. The molecule has 4 nitrogen and oxygen atoms in total. The van der Waals surface area contributed by atoms with E-state index in [0.29, 0.717) is 19.0 Å². The summed E-state index contributed by atoms with van der Waals surface area (Å²) in [6, 6.07) is 9.21. The van der Waals surface area contributed by atoms with Gasteiger partial charge < -0.3 is 10.4 Å². The molecule has 2 atom stereocenters. The van der Waals surface area contributed by atoms with Gasteiger partial charge in [0.1, 0.15) is 10.6 Å². The fourth-order valence-corrected chi connectivity index (χ4v) is 5.46. The van der Waals surface area contributed by atoms with E-state index < -0.39 is 32.2 Å². The van der Waals surface area contributed by atoms with Crippen LogP contribution >= 0.6 is 0 Å².